The van der Waals surface area contributed by atoms with Crippen LogP contribution in [0.4, 0.5) is 0 Å². The van der Waals surface area contributed by atoms with E-state index in [1.165, 1.54) is 0 Å². The quantitative estimate of drug-likeness (QED) is 0.215. The van der Waals surface area contributed by atoms with Crippen molar-refractivity contribution in [2.45, 2.75) is 0 Å². The molecule has 0 saturated carbocycles. The summed E-state index contributed by atoms with van der Waals surface area (Å²) >= 11 is 0. The molecule has 0 radical (unpaired) electrons. The molecule has 0 rings (SSSR count). The molecule has 0 heterocycles. The fourth-order valence-electron chi connectivity index (χ4n) is 0. The van der Waals surface area contributed by atoms with Crippen molar-refractivity contribution in [2.75, 3.05) is 0 Å². The van der Waals surface area contributed by atoms with E-state index >= 15 is 0 Å². The van der Waals surface area contributed by atoms with Crippen molar-refractivity contribution in [3.05, 3.63) is 0 Å². The Morgan fingerprint density at radius 1 is 0.250 bits per heavy atom. The Morgan fingerprint density at radius 2 is 0.250 bits per heavy atom. The van der Waals surface area contributed by atoms with E-state index in [9.17, 15) is 0 Å². The van der Waals surface area contributed by atoms with Gasteiger partial charge in [0, 0.05) is 0 Å². The predicted octanol–water partition coefficient (Wildman–Crippen LogP) is -12.5. The van der Waals surface area contributed by atoms with Gasteiger partial charge in [0.15, 0.2) is 0 Å². The second-order valence-corrected chi connectivity index (χ2v) is 0. The van der Waals surface area contributed by atoms with Gasteiger partial charge in [0.25, 0.3) is 0 Å². The Kier molecular flexibility index (Phi) is 614. The molecule has 0 bridgehead atoms. The third-order valence-corrected chi connectivity index (χ3v) is 0. The zero-order valence-electron chi connectivity index (χ0n) is 6.84. The molecule has 0 aromatic carbocycles. The first-order valence-corrected chi connectivity index (χ1v) is 0. The van der Waals surface area contributed by atoms with Crippen LogP contribution < -0.4 is 276 Å². The maximum atomic E-state index is 0. The third-order valence-electron chi connectivity index (χ3n) is 0. The number of rotatable bonds is 0. The van der Waals surface area contributed by atoms with Crippen LogP contribution in [0, 0.1) is 0 Å². The van der Waals surface area contributed by atoms with Gasteiger partial charge in [-0.1, -0.05) is 0 Å². The summed E-state index contributed by atoms with van der Waals surface area (Å²) in [7, 11) is 0. The van der Waals surface area contributed by atoms with Gasteiger partial charge in [-0.2, -0.15) is 0 Å². The maximum absolute atomic E-state index is 0. The van der Waals surface area contributed by atoms with E-state index < -0.39 is 0 Å². The summed E-state index contributed by atoms with van der Waals surface area (Å²) in [5.41, 5.74) is 0. The molecule has 0 fully saturated rings. The maximum Gasteiger partial charge on any atom is 1.00 e. The number of hydrogen-bond acceptors (Lipinski definition) is 0. The monoisotopic (exact) mass is 1020 g/mol. The summed E-state index contributed by atoms with van der Waals surface area (Å²) in [5, 5.41) is 0. The standard InChI is InChI=1S/4Ag.4Cs.4O/q8*+1;4*-2. The topological polar surface area (TPSA) is 114 Å². The summed E-state index contributed by atoms with van der Waals surface area (Å²) in [6.45, 7) is 0. The summed E-state index contributed by atoms with van der Waals surface area (Å²) < 4.78 is 0. The van der Waals surface area contributed by atoms with E-state index in [-0.39, 0.29) is 387 Å². The van der Waals surface area contributed by atoms with E-state index in [0.717, 1.165) is 0 Å². The Bertz CT molecular complexity index is 19.0. The molecule has 0 amide bonds. The molecule has 4 nitrogen and oxygen atoms in total. The fourth-order valence-corrected chi connectivity index (χ4v) is 0. The smallest absolute Gasteiger partial charge is 1.00 e. The van der Waals surface area contributed by atoms with Crippen LogP contribution in [0.25, 0.3) is 0 Å². The van der Waals surface area contributed by atoms with E-state index in [2.05, 4.69) is 0 Å². The van der Waals surface area contributed by atoms with E-state index in [0.29, 0.717) is 0 Å². The van der Waals surface area contributed by atoms with Crippen molar-refractivity contribution in [3.8, 4) is 0 Å². The number of hydrogen-bond donors (Lipinski definition) is 0. The van der Waals surface area contributed by atoms with E-state index in [1.54, 1.807) is 0 Å². The molecule has 0 aliphatic rings. The van der Waals surface area contributed by atoms with Crippen molar-refractivity contribution in [3.63, 3.8) is 0 Å². The van der Waals surface area contributed by atoms with Crippen LogP contribution in [0.5, 0.6) is 0 Å². The second kappa shape index (κ2) is 80.2. The molecule has 0 spiro atoms. The largest absolute Gasteiger partial charge is 2.00 e. The van der Waals surface area contributed by atoms with Crippen molar-refractivity contribution in [1.82, 2.24) is 0 Å². The Balaban J connectivity index is 0. The van der Waals surface area contributed by atoms with Gasteiger partial charge in [-0.05, 0) is 0 Å². The van der Waals surface area contributed by atoms with Crippen molar-refractivity contribution in [1.29, 1.82) is 0 Å². The first-order chi connectivity index (χ1) is 0. The van der Waals surface area contributed by atoms with Gasteiger partial charge < -0.3 is 21.9 Å². The van der Waals surface area contributed by atoms with Gasteiger partial charge in [0.1, 0.15) is 0 Å². The van der Waals surface area contributed by atoms with Crippen LogP contribution in [0.3, 0.4) is 0 Å². The van der Waals surface area contributed by atoms with Gasteiger partial charge in [0.2, 0.25) is 0 Å². The molecule has 0 unspecified atom stereocenters. The van der Waals surface area contributed by atoms with Crippen LogP contribution in [-0.4, -0.2) is 0 Å². The minimum atomic E-state index is 0. The average Bonchev–Trinajstić information content (AvgIpc) is 0. The SMILES string of the molecule is [Ag+].[Ag+].[Ag+].[Ag+].[Cs+].[Cs+].[Cs+].[Cs+].[O-2].[O-2].[O-2].[O-2]. The first kappa shape index (κ1) is 92.0. The average molecular weight is 1030 g/mol. The molecule has 0 aliphatic heterocycles. The van der Waals surface area contributed by atoms with Crippen LogP contribution in [-0.2, 0) is 111 Å². The predicted molar refractivity (Wildman–Crippen MR) is 2.75 cm³/mol. The zero-order valence-corrected chi connectivity index (χ0v) is 37.9. The van der Waals surface area contributed by atoms with Gasteiger partial charge in [-0.3, -0.25) is 0 Å². The van der Waals surface area contributed by atoms with Crippen LogP contribution in [0.1, 0.15) is 0 Å². The van der Waals surface area contributed by atoms with Gasteiger partial charge in [0.05, 0.1) is 0 Å². The molecule has 0 N–H and O–H groups in total. The van der Waals surface area contributed by atoms with Crippen molar-refractivity contribution < 1.29 is 387 Å². The van der Waals surface area contributed by atoms with Crippen LogP contribution in [0.15, 0.2) is 0 Å². The minimum absolute atomic E-state index is 0. The molecular weight excluding hydrogens is 1030 g/mol. The van der Waals surface area contributed by atoms with Gasteiger partial charge in [-0.25, -0.2) is 0 Å². The molecule has 0 saturated heterocycles. The van der Waals surface area contributed by atoms with Crippen LogP contribution in [0.2, 0.25) is 0 Å². The summed E-state index contributed by atoms with van der Waals surface area (Å²) in [6.07, 6.45) is 0. The molecule has 12 heavy (non-hydrogen) atoms. The van der Waals surface area contributed by atoms with Gasteiger partial charge in [-0.15, -0.1) is 0 Å². The molecule has 0 aromatic heterocycles. The minimum Gasteiger partial charge on any atom is -2.00 e. The van der Waals surface area contributed by atoms with E-state index in [4.69, 9.17) is 0 Å². The molecule has 0 aliphatic carbocycles. The molecule has 12 heteroatoms. The first-order valence-electron chi connectivity index (χ1n) is 0. The molecule has 0 atom stereocenters. The van der Waals surface area contributed by atoms with Crippen LogP contribution >= 0.6 is 0 Å². The second-order valence-electron chi connectivity index (χ2n) is 0. The Hall–Kier alpha value is 11.0. The molecule has 0 aromatic rings. The zero-order chi connectivity index (χ0) is 0. The summed E-state index contributed by atoms with van der Waals surface area (Å²) in [6, 6.07) is 0. The van der Waals surface area contributed by atoms with E-state index in [1.807, 2.05) is 0 Å². The fraction of sp³-hybridized carbons (Fsp3) is 0. The molecular formula is Ag4Cs4O4. The Morgan fingerprint density at radius 3 is 0.250 bits per heavy atom. The summed E-state index contributed by atoms with van der Waals surface area (Å²) in [5.74, 6) is 0. The van der Waals surface area contributed by atoms with Gasteiger partial charge >= 0.3 is 365 Å². The van der Waals surface area contributed by atoms with Crippen molar-refractivity contribution in [2.24, 2.45) is 0 Å². The summed E-state index contributed by atoms with van der Waals surface area (Å²) in [4.78, 5) is 0. The third kappa shape index (κ3) is 69.4. The van der Waals surface area contributed by atoms with Crippen molar-refractivity contribution >= 4 is 0 Å². The molecule has 72 valence electrons. The normalized spacial score (nSPS) is 0. The Labute approximate surface area is 371 Å².